The molecule has 0 bridgehead atoms. The lowest BCUT2D eigenvalue weighted by atomic mass is 10.1. The molecule has 13 heteroatoms. The number of oxime groups is 1. The average molecular weight is 540 g/mol. The van der Waals surface area contributed by atoms with E-state index in [1.54, 1.807) is 33.8 Å². The number of rotatable bonds is 12. The summed E-state index contributed by atoms with van der Waals surface area (Å²) in [6, 6.07) is 2.22. The molecule has 2 atom stereocenters. The van der Waals surface area contributed by atoms with Gasteiger partial charge in [-0.3, -0.25) is 10.5 Å². The maximum Gasteiger partial charge on any atom is 0.407 e. The van der Waals surface area contributed by atoms with Gasteiger partial charge in [-0.05, 0) is 34.1 Å². The van der Waals surface area contributed by atoms with E-state index in [-0.39, 0.29) is 18.1 Å². The van der Waals surface area contributed by atoms with Crippen LogP contribution in [0.15, 0.2) is 31.5 Å². The lowest BCUT2D eigenvalue weighted by molar-refractivity contribution is -0.126. The van der Waals surface area contributed by atoms with Crippen LogP contribution in [0.4, 0.5) is 4.79 Å². The Kier molecular flexibility index (Phi) is 11.0. The Balaban J connectivity index is 1.93. The number of amides is 2. The highest BCUT2D eigenvalue weighted by Gasteiger charge is 2.41. The van der Waals surface area contributed by atoms with Crippen LogP contribution < -0.4 is 26.7 Å². The molecule has 4 N–H and O–H groups in total. The van der Waals surface area contributed by atoms with Gasteiger partial charge in [0.25, 0.3) is 5.91 Å². The SMILES string of the molecule is CCC[C@@H](NC(=O)[C@]1(N)CSC(/C(C)=N/OCCCNC(=O)OC(C)(C)C)=N1)c1cc(OC)cc(=O)o1. The molecule has 1 aliphatic rings. The number of nitrogens with zero attached hydrogens (tertiary/aromatic N) is 2. The van der Waals surface area contributed by atoms with Crippen molar-refractivity contribution in [1.29, 1.82) is 0 Å². The minimum Gasteiger partial charge on any atom is -0.496 e. The van der Waals surface area contributed by atoms with Crippen LogP contribution in [0, 0.1) is 0 Å². The summed E-state index contributed by atoms with van der Waals surface area (Å²) >= 11 is 1.29. The number of carbonyl (C=O) groups is 2. The van der Waals surface area contributed by atoms with Crippen molar-refractivity contribution in [3.8, 4) is 5.75 Å². The van der Waals surface area contributed by atoms with E-state index in [2.05, 4.69) is 20.8 Å². The van der Waals surface area contributed by atoms with Crippen molar-refractivity contribution in [1.82, 2.24) is 10.6 Å². The smallest absolute Gasteiger partial charge is 0.407 e. The Morgan fingerprint density at radius 3 is 2.73 bits per heavy atom. The number of carbonyl (C=O) groups excluding carboxylic acids is 2. The molecule has 2 heterocycles. The number of hydrogen-bond donors (Lipinski definition) is 3. The Bertz CT molecular complexity index is 1070. The highest BCUT2D eigenvalue weighted by Crippen LogP contribution is 2.27. The van der Waals surface area contributed by atoms with Gasteiger partial charge in [-0.15, -0.1) is 11.8 Å². The first-order valence-corrected chi connectivity index (χ1v) is 13.0. The molecule has 37 heavy (non-hydrogen) atoms. The van der Waals surface area contributed by atoms with Crippen molar-refractivity contribution in [2.45, 2.75) is 71.2 Å². The Hall–Kier alpha value is -3.06. The molecular formula is C24H37N5O7S. The van der Waals surface area contributed by atoms with E-state index < -0.39 is 34.9 Å². The van der Waals surface area contributed by atoms with Crippen molar-refractivity contribution >= 4 is 34.5 Å². The van der Waals surface area contributed by atoms with Gasteiger partial charge in [0, 0.05) is 24.8 Å². The minimum atomic E-state index is -1.51. The van der Waals surface area contributed by atoms with Crippen molar-refractivity contribution < 1.29 is 28.3 Å². The summed E-state index contributed by atoms with van der Waals surface area (Å²) in [4.78, 5) is 46.3. The number of hydrogen-bond acceptors (Lipinski definition) is 11. The van der Waals surface area contributed by atoms with E-state index in [0.29, 0.717) is 35.9 Å². The lowest BCUT2D eigenvalue weighted by Crippen LogP contribution is -2.54. The zero-order valence-electron chi connectivity index (χ0n) is 22.2. The average Bonchev–Trinajstić information content (AvgIpc) is 3.22. The van der Waals surface area contributed by atoms with E-state index in [9.17, 15) is 14.4 Å². The Morgan fingerprint density at radius 2 is 2.08 bits per heavy atom. The van der Waals surface area contributed by atoms with Gasteiger partial charge in [0.15, 0.2) is 5.66 Å². The predicted molar refractivity (Wildman–Crippen MR) is 142 cm³/mol. The quantitative estimate of drug-likeness (QED) is 0.205. The summed E-state index contributed by atoms with van der Waals surface area (Å²) in [5.74, 6) is 0.335. The standard InChI is InChI=1S/C24H37N5O7S/c1-7-9-17(18-12-16(33-6)13-19(30)35-18)27-21(31)24(25)14-37-20(28-24)15(2)29-34-11-8-10-26-22(32)36-23(3,4)5/h12-13,17H,7-11,14,25H2,1-6H3,(H,26,32)(H,27,31)/b29-15+/t17-,24+/m1/s1. The molecule has 12 nitrogen and oxygen atoms in total. The molecule has 0 aromatic carbocycles. The van der Waals surface area contributed by atoms with Crippen LogP contribution in [0.2, 0.25) is 0 Å². The van der Waals surface area contributed by atoms with E-state index in [1.165, 1.54) is 24.9 Å². The third-order valence-electron chi connectivity index (χ3n) is 4.94. The summed E-state index contributed by atoms with van der Waals surface area (Å²) in [6.07, 6.45) is 1.29. The number of nitrogens with one attached hydrogen (secondary N) is 2. The first-order chi connectivity index (χ1) is 17.4. The van der Waals surface area contributed by atoms with Gasteiger partial charge in [-0.1, -0.05) is 18.5 Å². The molecule has 0 saturated carbocycles. The molecule has 1 aromatic rings. The number of methoxy groups -OCH3 is 1. The Morgan fingerprint density at radius 1 is 1.35 bits per heavy atom. The monoisotopic (exact) mass is 539 g/mol. The number of ether oxygens (including phenoxy) is 2. The third kappa shape index (κ3) is 9.73. The van der Waals surface area contributed by atoms with Gasteiger partial charge >= 0.3 is 11.7 Å². The zero-order valence-corrected chi connectivity index (χ0v) is 23.0. The Labute approximate surface area is 220 Å². The third-order valence-corrected chi connectivity index (χ3v) is 6.18. The van der Waals surface area contributed by atoms with Crippen LogP contribution in [-0.2, 0) is 14.4 Å². The molecule has 0 unspecified atom stereocenters. The fraction of sp³-hybridized carbons (Fsp3) is 0.625. The van der Waals surface area contributed by atoms with Crippen molar-refractivity contribution in [2.24, 2.45) is 15.9 Å². The molecule has 0 saturated heterocycles. The predicted octanol–water partition coefficient (Wildman–Crippen LogP) is 2.71. The van der Waals surface area contributed by atoms with Gasteiger partial charge in [-0.2, -0.15) is 0 Å². The summed E-state index contributed by atoms with van der Waals surface area (Å²) in [6.45, 7) is 9.67. The first kappa shape index (κ1) is 30.2. The van der Waals surface area contributed by atoms with Gasteiger partial charge in [-0.25, -0.2) is 14.6 Å². The normalized spacial score (nSPS) is 18.6. The molecule has 0 fully saturated rings. The molecule has 2 amide bonds. The largest absolute Gasteiger partial charge is 0.496 e. The molecular weight excluding hydrogens is 502 g/mol. The summed E-state index contributed by atoms with van der Waals surface area (Å²) in [7, 11) is 1.45. The van der Waals surface area contributed by atoms with Crippen LogP contribution in [-0.4, -0.2) is 60.0 Å². The molecule has 2 rings (SSSR count). The summed E-state index contributed by atoms with van der Waals surface area (Å²) in [5, 5.41) is 10.0. The highest BCUT2D eigenvalue weighted by atomic mass is 32.2. The second-order valence-electron chi connectivity index (χ2n) is 9.46. The van der Waals surface area contributed by atoms with Crippen LogP contribution >= 0.6 is 11.8 Å². The second kappa shape index (κ2) is 13.5. The molecule has 0 spiro atoms. The maximum atomic E-state index is 13.1. The number of nitrogens with two attached hydrogens (primary N) is 1. The van der Waals surface area contributed by atoms with E-state index in [4.69, 9.17) is 24.5 Å². The summed E-state index contributed by atoms with van der Waals surface area (Å²) in [5.41, 5.74) is 4.16. The molecule has 1 aromatic heterocycles. The minimum absolute atomic E-state index is 0.210. The fourth-order valence-electron chi connectivity index (χ4n) is 3.17. The molecule has 0 radical (unpaired) electrons. The van der Waals surface area contributed by atoms with Crippen molar-refractivity contribution in [3.05, 3.63) is 28.3 Å². The number of alkyl carbamates (subject to hydrolysis) is 1. The van der Waals surface area contributed by atoms with Gasteiger partial charge < -0.3 is 29.4 Å². The van der Waals surface area contributed by atoms with Crippen LogP contribution in [0.3, 0.4) is 0 Å². The van der Waals surface area contributed by atoms with E-state index >= 15 is 0 Å². The lowest BCUT2D eigenvalue weighted by Gasteiger charge is -2.23. The van der Waals surface area contributed by atoms with Crippen molar-refractivity contribution in [3.63, 3.8) is 0 Å². The number of aliphatic imine (C=N–C) groups is 1. The zero-order chi connectivity index (χ0) is 27.6. The van der Waals surface area contributed by atoms with Gasteiger partial charge in [0.05, 0.1) is 19.2 Å². The molecule has 206 valence electrons. The number of thioether (sulfide) groups is 1. The van der Waals surface area contributed by atoms with E-state index in [0.717, 1.165) is 6.42 Å². The van der Waals surface area contributed by atoms with Crippen LogP contribution in [0.1, 0.15) is 65.7 Å². The molecule has 1 aliphatic heterocycles. The van der Waals surface area contributed by atoms with Gasteiger partial charge in [0.1, 0.15) is 34.5 Å². The van der Waals surface area contributed by atoms with Crippen molar-refractivity contribution in [2.75, 3.05) is 26.0 Å². The highest BCUT2D eigenvalue weighted by molar-refractivity contribution is 8.16. The van der Waals surface area contributed by atoms with Crippen LogP contribution in [0.25, 0.3) is 0 Å². The topological polar surface area (TPSA) is 167 Å². The van der Waals surface area contributed by atoms with E-state index in [1.807, 2.05) is 6.92 Å². The second-order valence-corrected chi connectivity index (χ2v) is 10.4. The summed E-state index contributed by atoms with van der Waals surface area (Å²) < 4.78 is 15.6. The van der Waals surface area contributed by atoms with Gasteiger partial charge in [0.2, 0.25) is 0 Å². The maximum absolute atomic E-state index is 13.1. The van der Waals surface area contributed by atoms with Crippen LogP contribution in [0.5, 0.6) is 5.75 Å². The molecule has 0 aliphatic carbocycles. The fourth-order valence-corrected chi connectivity index (χ4v) is 4.19. The first-order valence-electron chi connectivity index (χ1n) is 12.0.